The summed E-state index contributed by atoms with van der Waals surface area (Å²) in [6.45, 7) is 2.01. The first kappa shape index (κ1) is 24.0. The van der Waals surface area contributed by atoms with Gasteiger partial charge in [-0.15, -0.1) is 0 Å². The maximum absolute atomic E-state index is 12.8. The number of alkyl halides is 2. The Hall–Kier alpha value is -3.12. The predicted octanol–water partition coefficient (Wildman–Crippen LogP) is 2.56. The number of carbonyl (C=O) groups excluding carboxylic acids is 1. The summed E-state index contributed by atoms with van der Waals surface area (Å²) in [5, 5.41) is 17.5. The summed E-state index contributed by atoms with van der Waals surface area (Å²) in [6, 6.07) is 7.08. The third-order valence-corrected chi connectivity index (χ3v) is 7.87. The number of fused-ring (bicyclic) bond motifs is 1. The SMILES string of the molecule is C[C@@H](O)[C@H](C)n1nc(-c2cccc(OC(F)F)c2)c2ncc(C(=O)NC3(C)CS(=O)(=O)C3)cc21. The number of hydrogen-bond acceptors (Lipinski definition) is 7. The van der Waals surface area contributed by atoms with Gasteiger partial charge in [0.15, 0.2) is 9.84 Å². The molecular formula is C22H24F2N4O5S. The molecule has 0 spiro atoms. The van der Waals surface area contributed by atoms with E-state index in [1.165, 1.54) is 23.0 Å². The Morgan fingerprint density at radius 3 is 2.59 bits per heavy atom. The highest BCUT2D eigenvalue weighted by Crippen LogP contribution is 2.32. The first-order valence-electron chi connectivity index (χ1n) is 10.5. The van der Waals surface area contributed by atoms with Crippen LogP contribution in [0.1, 0.15) is 37.2 Å². The second kappa shape index (κ2) is 8.58. The number of carbonyl (C=O) groups is 1. The van der Waals surface area contributed by atoms with Crippen molar-refractivity contribution in [2.24, 2.45) is 0 Å². The fourth-order valence-corrected chi connectivity index (χ4v) is 6.02. The van der Waals surface area contributed by atoms with E-state index in [0.717, 1.165) is 0 Å². The summed E-state index contributed by atoms with van der Waals surface area (Å²) in [7, 11) is -3.15. The lowest BCUT2D eigenvalue weighted by molar-refractivity contribution is -0.0498. The molecule has 0 aliphatic carbocycles. The normalized spacial score (nSPS) is 18.3. The van der Waals surface area contributed by atoms with Crippen LogP contribution in [0.2, 0.25) is 0 Å². The minimum Gasteiger partial charge on any atom is -0.435 e. The number of halogens is 2. The number of nitrogens with zero attached hydrogens (tertiary/aromatic N) is 3. The molecule has 9 nitrogen and oxygen atoms in total. The Morgan fingerprint density at radius 1 is 1.26 bits per heavy atom. The second-order valence-corrected chi connectivity index (χ2v) is 10.9. The summed E-state index contributed by atoms with van der Waals surface area (Å²) in [5.74, 6) is -0.810. The number of hydrogen-bond donors (Lipinski definition) is 2. The van der Waals surface area contributed by atoms with E-state index in [0.29, 0.717) is 22.3 Å². The number of amides is 1. The molecule has 2 atom stereocenters. The lowest BCUT2D eigenvalue weighted by Gasteiger charge is -2.38. The lowest BCUT2D eigenvalue weighted by atomic mass is 10.1. The molecule has 1 aliphatic heterocycles. The van der Waals surface area contributed by atoms with E-state index in [2.05, 4.69) is 20.1 Å². The van der Waals surface area contributed by atoms with E-state index in [4.69, 9.17) is 0 Å². The zero-order valence-corrected chi connectivity index (χ0v) is 19.5. The maximum Gasteiger partial charge on any atom is 0.387 e. The molecule has 2 aromatic heterocycles. The summed E-state index contributed by atoms with van der Waals surface area (Å²) >= 11 is 0. The van der Waals surface area contributed by atoms with Crippen LogP contribution in [0.15, 0.2) is 36.5 Å². The van der Waals surface area contributed by atoms with Crippen LogP contribution in [0.4, 0.5) is 8.78 Å². The molecule has 4 rings (SSSR count). The average Bonchev–Trinajstić information content (AvgIpc) is 3.09. The Labute approximate surface area is 194 Å². The van der Waals surface area contributed by atoms with E-state index in [1.807, 2.05) is 0 Å². The molecule has 0 radical (unpaired) electrons. The third kappa shape index (κ3) is 4.73. The molecule has 1 amide bonds. The molecule has 12 heteroatoms. The molecule has 0 saturated carbocycles. The van der Waals surface area contributed by atoms with Gasteiger partial charge < -0.3 is 15.2 Å². The standard InChI is InChI=1S/C22H24F2N4O5S/c1-12(13(2)29)28-17-8-15(20(30)26-22(3)10-34(31,32)11-22)9-25-19(17)18(27-28)14-5-4-6-16(7-14)33-21(23)24/h4-9,12-13,21,29H,10-11H2,1-3H3,(H,26,30)/t12-,13+/m0/s1. The molecule has 3 heterocycles. The van der Waals surface area contributed by atoms with Gasteiger partial charge in [-0.2, -0.15) is 13.9 Å². The number of ether oxygens (including phenoxy) is 1. The zero-order chi connectivity index (χ0) is 24.8. The Balaban J connectivity index is 1.75. The van der Waals surface area contributed by atoms with Crippen molar-refractivity contribution in [3.05, 3.63) is 42.1 Å². The first-order chi connectivity index (χ1) is 15.9. The van der Waals surface area contributed by atoms with Crippen molar-refractivity contribution in [2.75, 3.05) is 11.5 Å². The van der Waals surface area contributed by atoms with Crippen LogP contribution in [-0.4, -0.2) is 64.0 Å². The number of benzene rings is 1. The molecule has 1 aliphatic rings. The van der Waals surface area contributed by atoms with E-state index < -0.39 is 40.0 Å². The average molecular weight is 495 g/mol. The molecule has 3 aromatic rings. The summed E-state index contributed by atoms with van der Waals surface area (Å²) < 4.78 is 54.4. The number of aliphatic hydroxyl groups is 1. The van der Waals surface area contributed by atoms with Gasteiger partial charge in [-0.05, 0) is 39.0 Å². The number of rotatable bonds is 7. The van der Waals surface area contributed by atoms with Crippen molar-refractivity contribution in [2.45, 2.75) is 45.1 Å². The Morgan fingerprint density at radius 2 is 1.97 bits per heavy atom. The van der Waals surface area contributed by atoms with Gasteiger partial charge in [-0.25, -0.2) is 8.42 Å². The van der Waals surface area contributed by atoms with Crippen molar-refractivity contribution in [3.8, 4) is 17.0 Å². The molecule has 34 heavy (non-hydrogen) atoms. The minimum absolute atomic E-state index is 0.0431. The molecule has 1 saturated heterocycles. The molecule has 2 N–H and O–H groups in total. The molecule has 1 fully saturated rings. The quantitative estimate of drug-likeness (QED) is 0.517. The molecule has 0 unspecified atom stereocenters. The highest BCUT2D eigenvalue weighted by molar-refractivity contribution is 7.93. The van der Waals surface area contributed by atoms with Crippen LogP contribution < -0.4 is 10.1 Å². The van der Waals surface area contributed by atoms with E-state index in [1.54, 1.807) is 39.0 Å². The monoisotopic (exact) mass is 494 g/mol. The van der Waals surface area contributed by atoms with Gasteiger partial charge >= 0.3 is 6.61 Å². The topological polar surface area (TPSA) is 123 Å². The Kier molecular flexibility index (Phi) is 6.06. The minimum atomic E-state index is -3.15. The van der Waals surface area contributed by atoms with Crippen LogP contribution in [0.25, 0.3) is 22.3 Å². The van der Waals surface area contributed by atoms with Crippen molar-refractivity contribution in [1.29, 1.82) is 0 Å². The summed E-state index contributed by atoms with van der Waals surface area (Å²) in [5.41, 5.74) is 1.02. The first-order valence-corrected chi connectivity index (χ1v) is 12.3. The van der Waals surface area contributed by atoms with Gasteiger partial charge in [0.1, 0.15) is 17.0 Å². The lowest BCUT2D eigenvalue weighted by Crippen LogP contribution is -2.63. The van der Waals surface area contributed by atoms with E-state index in [9.17, 15) is 27.1 Å². The van der Waals surface area contributed by atoms with Crippen molar-refractivity contribution in [3.63, 3.8) is 0 Å². The van der Waals surface area contributed by atoms with Crippen LogP contribution in [0.3, 0.4) is 0 Å². The predicted molar refractivity (Wildman–Crippen MR) is 121 cm³/mol. The van der Waals surface area contributed by atoms with Gasteiger partial charge in [0.2, 0.25) is 0 Å². The largest absolute Gasteiger partial charge is 0.435 e. The highest BCUT2D eigenvalue weighted by Gasteiger charge is 2.45. The molecule has 182 valence electrons. The fraction of sp³-hybridized carbons (Fsp3) is 0.409. The number of aliphatic hydroxyl groups excluding tert-OH is 1. The third-order valence-electron chi connectivity index (χ3n) is 5.72. The van der Waals surface area contributed by atoms with Crippen LogP contribution in [-0.2, 0) is 9.84 Å². The van der Waals surface area contributed by atoms with Crippen LogP contribution >= 0.6 is 0 Å². The molecular weight excluding hydrogens is 470 g/mol. The van der Waals surface area contributed by atoms with Gasteiger partial charge in [-0.1, -0.05) is 12.1 Å². The highest BCUT2D eigenvalue weighted by atomic mass is 32.2. The maximum atomic E-state index is 12.8. The van der Waals surface area contributed by atoms with Crippen LogP contribution in [0.5, 0.6) is 5.75 Å². The van der Waals surface area contributed by atoms with Gasteiger partial charge in [0, 0.05) is 11.8 Å². The van der Waals surface area contributed by atoms with Crippen molar-refractivity contribution in [1.82, 2.24) is 20.1 Å². The van der Waals surface area contributed by atoms with E-state index >= 15 is 0 Å². The number of nitrogens with one attached hydrogen (secondary N) is 1. The Bertz CT molecular complexity index is 1340. The smallest absolute Gasteiger partial charge is 0.387 e. The number of sulfone groups is 1. The van der Waals surface area contributed by atoms with Gasteiger partial charge in [0.25, 0.3) is 5.91 Å². The molecule has 0 bridgehead atoms. The molecule has 1 aromatic carbocycles. The summed E-state index contributed by atoms with van der Waals surface area (Å²) in [6.07, 6.45) is 0.553. The van der Waals surface area contributed by atoms with Crippen molar-refractivity contribution >= 4 is 26.8 Å². The number of aromatic nitrogens is 3. The van der Waals surface area contributed by atoms with Crippen molar-refractivity contribution < 1.29 is 31.8 Å². The second-order valence-electron chi connectivity index (χ2n) is 8.82. The van der Waals surface area contributed by atoms with Gasteiger partial charge in [0.05, 0.1) is 40.3 Å². The zero-order valence-electron chi connectivity index (χ0n) is 18.7. The number of pyridine rings is 1. The van der Waals surface area contributed by atoms with Gasteiger partial charge in [-0.3, -0.25) is 14.5 Å². The van der Waals surface area contributed by atoms with E-state index in [-0.39, 0.29) is 22.8 Å². The fourth-order valence-electron chi connectivity index (χ4n) is 4.02. The summed E-state index contributed by atoms with van der Waals surface area (Å²) in [4.78, 5) is 17.2. The van der Waals surface area contributed by atoms with Crippen LogP contribution in [0, 0.1) is 0 Å².